The van der Waals surface area contributed by atoms with Gasteiger partial charge in [0, 0.05) is 25.2 Å². The normalized spacial score (nSPS) is 32.2. The first kappa shape index (κ1) is 17.0. The second kappa shape index (κ2) is 8.26. The molecule has 0 aliphatic carbocycles. The van der Waals surface area contributed by atoms with Gasteiger partial charge in [0.05, 0.1) is 0 Å². The monoisotopic (exact) mass is 268 g/mol. The first-order valence-electron chi connectivity index (χ1n) is 8.46. The standard InChI is InChI=1S/C17H36N2/c1-7-9-18-17(14(4)8-2)12-19-11-13(3)10-15(5)16(19)6/h13-18H,7-12H2,1-6H3. The summed E-state index contributed by atoms with van der Waals surface area (Å²) in [5, 5.41) is 3.78. The fraction of sp³-hybridized carbons (Fsp3) is 1.00. The highest BCUT2D eigenvalue weighted by atomic mass is 15.2. The minimum absolute atomic E-state index is 0.657. The molecule has 0 aromatic rings. The van der Waals surface area contributed by atoms with Crippen molar-refractivity contribution in [3.8, 4) is 0 Å². The topological polar surface area (TPSA) is 15.3 Å². The van der Waals surface area contributed by atoms with Crippen LogP contribution < -0.4 is 5.32 Å². The molecule has 1 fully saturated rings. The third-order valence-electron chi connectivity index (χ3n) is 5.14. The number of piperidine rings is 1. The van der Waals surface area contributed by atoms with Gasteiger partial charge in [-0.2, -0.15) is 0 Å². The second-order valence-electron chi connectivity index (χ2n) is 6.96. The Labute approximate surface area is 121 Å². The molecule has 1 saturated heterocycles. The summed E-state index contributed by atoms with van der Waals surface area (Å²) in [5.74, 6) is 2.47. The predicted molar refractivity (Wildman–Crippen MR) is 85.5 cm³/mol. The van der Waals surface area contributed by atoms with Crippen LogP contribution in [0.5, 0.6) is 0 Å². The lowest BCUT2D eigenvalue weighted by atomic mass is 9.85. The van der Waals surface area contributed by atoms with E-state index in [1.165, 1.54) is 32.4 Å². The van der Waals surface area contributed by atoms with Crippen molar-refractivity contribution < 1.29 is 0 Å². The summed E-state index contributed by atoms with van der Waals surface area (Å²) in [4.78, 5) is 2.73. The van der Waals surface area contributed by atoms with Gasteiger partial charge in [0.2, 0.25) is 0 Å². The lowest BCUT2D eigenvalue weighted by Gasteiger charge is -2.43. The summed E-state index contributed by atoms with van der Waals surface area (Å²) in [6.07, 6.45) is 3.90. The molecule has 0 radical (unpaired) electrons. The summed E-state index contributed by atoms with van der Waals surface area (Å²) in [7, 11) is 0. The molecule has 0 amide bonds. The van der Waals surface area contributed by atoms with Crippen molar-refractivity contribution in [2.45, 2.75) is 72.9 Å². The molecule has 1 aliphatic rings. The van der Waals surface area contributed by atoms with E-state index in [2.05, 4.69) is 51.8 Å². The van der Waals surface area contributed by atoms with Gasteiger partial charge in [-0.05, 0) is 44.1 Å². The van der Waals surface area contributed by atoms with Crippen molar-refractivity contribution in [1.29, 1.82) is 0 Å². The van der Waals surface area contributed by atoms with Crippen molar-refractivity contribution in [3.05, 3.63) is 0 Å². The maximum absolute atomic E-state index is 3.78. The van der Waals surface area contributed by atoms with E-state index in [0.29, 0.717) is 6.04 Å². The van der Waals surface area contributed by atoms with Crippen LogP contribution in [0.3, 0.4) is 0 Å². The molecular formula is C17H36N2. The van der Waals surface area contributed by atoms with Gasteiger partial charge in [-0.25, -0.2) is 0 Å². The quantitative estimate of drug-likeness (QED) is 0.756. The number of hydrogen-bond acceptors (Lipinski definition) is 2. The van der Waals surface area contributed by atoms with Crippen LogP contribution in [0, 0.1) is 17.8 Å². The first-order chi connectivity index (χ1) is 8.99. The fourth-order valence-electron chi connectivity index (χ4n) is 3.39. The molecule has 5 atom stereocenters. The van der Waals surface area contributed by atoms with E-state index in [4.69, 9.17) is 0 Å². The minimum Gasteiger partial charge on any atom is -0.312 e. The van der Waals surface area contributed by atoms with Crippen LogP contribution >= 0.6 is 0 Å². The molecule has 0 aromatic carbocycles. The van der Waals surface area contributed by atoms with Crippen LogP contribution in [-0.4, -0.2) is 36.6 Å². The first-order valence-corrected chi connectivity index (χ1v) is 8.46. The molecule has 2 nitrogen and oxygen atoms in total. The highest BCUT2D eigenvalue weighted by molar-refractivity contribution is 4.86. The van der Waals surface area contributed by atoms with E-state index in [1.54, 1.807) is 0 Å². The van der Waals surface area contributed by atoms with Gasteiger partial charge in [0.15, 0.2) is 0 Å². The summed E-state index contributed by atoms with van der Waals surface area (Å²) < 4.78 is 0. The van der Waals surface area contributed by atoms with Gasteiger partial charge in [0.25, 0.3) is 0 Å². The van der Waals surface area contributed by atoms with Gasteiger partial charge < -0.3 is 5.32 Å². The van der Waals surface area contributed by atoms with Gasteiger partial charge in [-0.15, -0.1) is 0 Å². The molecule has 2 heteroatoms. The van der Waals surface area contributed by atoms with Crippen molar-refractivity contribution in [3.63, 3.8) is 0 Å². The average Bonchev–Trinajstić information content (AvgIpc) is 2.38. The molecule has 114 valence electrons. The lowest BCUT2D eigenvalue weighted by Crippen LogP contribution is -2.52. The third-order valence-corrected chi connectivity index (χ3v) is 5.14. The minimum atomic E-state index is 0.657. The van der Waals surface area contributed by atoms with Crippen LogP contribution in [0.4, 0.5) is 0 Å². The molecule has 5 unspecified atom stereocenters. The zero-order chi connectivity index (χ0) is 14.4. The van der Waals surface area contributed by atoms with E-state index < -0.39 is 0 Å². The zero-order valence-electron chi connectivity index (χ0n) is 14.1. The molecule has 0 bridgehead atoms. The molecule has 1 aliphatic heterocycles. The third kappa shape index (κ3) is 5.07. The van der Waals surface area contributed by atoms with E-state index >= 15 is 0 Å². The predicted octanol–water partition coefficient (Wildman–Crippen LogP) is 3.77. The molecule has 0 saturated carbocycles. The zero-order valence-corrected chi connectivity index (χ0v) is 14.1. The van der Waals surface area contributed by atoms with Gasteiger partial charge >= 0.3 is 0 Å². The summed E-state index contributed by atoms with van der Waals surface area (Å²) in [5.41, 5.74) is 0. The second-order valence-corrected chi connectivity index (χ2v) is 6.96. The molecule has 1 N–H and O–H groups in total. The summed E-state index contributed by atoms with van der Waals surface area (Å²) in [6, 6.07) is 1.40. The Balaban J connectivity index is 2.60. The highest BCUT2D eigenvalue weighted by Crippen LogP contribution is 2.27. The van der Waals surface area contributed by atoms with Crippen molar-refractivity contribution >= 4 is 0 Å². The highest BCUT2D eigenvalue weighted by Gasteiger charge is 2.30. The van der Waals surface area contributed by atoms with Gasteiger partial charge in [-0.1, -0.05) is 41.0 Å². The SMILES string of the molecule is CCCNC(CN1CC(C)CC(C)C1C)C(C)CC. The molecule has 0 spiro atoms. The van der Waals surface area contributed by atoms with E-state index in [9.17, 15) is 0 Å². The number of nitrogens with zero attached hydrogens (tertiary/aromatic N) is 1. The number of nitrogens with one attached hydrogen (secondary N) is 1. The van der Waals surface area contributed by atoms with Gasteiger partial charge in [0.1, 0.15) is 0 Å². The maximum atomic E-state index is 3.78. The smallest absolute Gasteiger partial charge is 0.0220 e. The largest absolute Gasteiger partial charge is 0.312 e. The Hall–Kier alpha value is -0.0800. The van der Waals surface area contributed by atoms with Crippen LogP contribution in [-0.2, 0) is 0 Å². The molecular weight excluding hydrogens is 232 g/mol. The van der Waals surface area contributed by atoms with Crippen LogP contribution in [0.1, 0.15) is 60.8 Å². The average molecular weight is 268 g/mol. The molecule has 1 heterocycles. The molecule has 19 heavy (non-hydrogen) atoms. The maximum Gasteiger partial charge on any atom is 0.0220 e. The Morgan fingerprint density at radius 1 is 1.21 bits per heavy atom. The van der Waals surface area contributed by atoms with Crippen molar-refractivity contribution in [2.75, 3.05) is 19.6 Å². The van der Waals surface area contributed by atoms with Crippen LogP contribution in [0.25, 0.3) is 0 Å². The fourth-order valence-corrected chi connectivity index (χ4v) is 3.39. The number of hydrogen-bond donors (Lipinski definition) is 1. The van der Waals surface area contributed by atoms with Crippen LogP contribution in [0.15, 0.2) is 0 Å². The number of rotatable bonds is 7. The van der Waals surface area contributed by atoms with Gasteiger partial charge in [-0.3, -0.25) is 4.90 Å². The van der Waals surface area contributed by atoms with Crippen molar-refractivity contribution in [1.82, 2.24) is 10.2 Å². The number of likely N-dealkylation sites (tertiary alicyclic amines) is 1. The molecule has 0 aromatic heterocycles. The van der Waals surface area contributed by atoms with Crippen molar-refractivity contribution in [2.24, 2.45) is 17.8 Å². The van der Waals surface area contributed by atoms with E-state index in [-0.39, 0.29) is 0 Å². The summed E-state index contributed by atoms with van der Waals surface area (Å²) >= 11 is 0. The Kier molecular flexibility index (Phi) is 7.38. The summed E-state index contributed by atoms with van der Waals surface area (Å²) in [6.45, 7) is 17.9. The van der Waals surface area contributed by atoms with E-state index in [1.807, 2.05) is 0 Å². The molecule has 1 rings (SSSR count). The van der Waals surface area contributed by atoms with Crippen LogP contribution in [0.2, 0.25) is 0 Å². The van der Waals surface area contributed by atoms with E-state index in [0.717, 1.165) is 30.3 Å². The lowest BCUT2D eigenvalue weighted by molar-refractivity contribution is 0.0633. The Morgan fingerprint density at radius 3 is 2.47 bits per heavy atom. The Morgan fingerprint density at radius 2 is 1.89 bits per heavy atom. The Bertz CT molecular complexity index is 241.